The van der Waals surface area contributed by atoms with Gasteiger partial charge in [-0.05, 0) is 94.3 Å². The molecule has 486 valence electrons. The predicted octanol–water partition coefficient (Wildman–Crippen LogP) is 3.27. The van der Waals surface area contributed by atoms with Gasteiger partial charge in [0.05, 0.1) is 12.6 Å². The van der Waals surface area contributed by atoms with E-state index in [1.165, 1.54) is 87.7 Å². The third kappa shape index (κ3) is 21.1. The zero-order valence-corrected chi connectivity index (χ0v) is 56.1. The SMILES string of the molecule is CC=CC[C@@H](C)[C@@H](O)[C@H]1C(=O)N[C@@H](CC)C(=O)N(C)CC(=O)N(C)[C@@H]([C@@H](C)CC)C(=O)N[C@@H](C(C)C)C(=O)N(C)[C@@H](CC(C)C)C(=O)N[C@@H](C)C(=O)N[C@H](C)C(=O)N(C)[C@@H](CC(C)C)C(=O)N(C)[C@@H](CC(C)C)C(=O)N(C)[C@@H](C(C)C)C(=O)N1C. The molecule has 0 aromatic carbocycles. The summed E-state index contributed by atoms with van der Waals surface area (Å²) in [6.45, 7) is 29.2. The summed E-state index contributed by atoms with van der Waals surface area (Å²) in [4.78, 5) is 169. The second-order valence-electron chi connectivity index (χ2n) is 25.8. The number of likely N-dealkylation sites (N-methyl/N-ethyl adjacent to an activating group) is 7. The number of hydrogen-bond acceptors (Lipinski definition) is 12. The number of rotatable bonds is 15. The quantitative estimate of drug-likeness (QED) is 0.148. The Morgan fingerprint density at radius 3 is 1.39 bits per heavy atom. The molecule has 5 N–H and O–H groups in total. The first kappa shape index (κ1) is 76.9. The van der Waals surface area contributed by atoms with E-state index in [9.17, 15) is 48.3 Å². The molecule has 13 atom stereocenters. The van der Waals surface area contributed by atoms with Gasteiger partial charge in [-0.15, -0.1) is 0 Å². The highest BCUT2D eigenvalue weighted by Crippen LogP contribution is 2.26. The highest BCUT2D eigenvalue weighted by atomic mass is 16.3. The lowest BCUT2D eigenvalue weighted by atomic mass is 9.91. The second-order valence-corrected chi connectivity index (χ2v) is 25.8. The van der Waals surface area contributed by atoms with Crippen LogP contribution in [0, 0.1) is 41.4 Å². The van der Waals surface area contributed by atoms with Crippen molar-refractivity contribution >= 4 is 65.0 Å². The van der Waals surface area contributed by atoms with Crippen molar-refractivity contribution in [2.75, 3.05) is 55.9 Å². The fraction of sp³-hybridized carbons (Fsp3) is 0.790. The molecule has 1 aliphatic rings. The molecule has 0 unspecified atom stereocenters. The van der Waals surface area contributed by atoms with Crippen LogP contribution < -0.4 is 21.3 Å². The van der Waals surface area contributed by atoms with Crippen LogP contribution in [0.4, 0.5) is 0 Å². The van der Waals surface area contributed by atoms with Gasteiger partial charge in [0.25, 0.3) is 0 Å². The monoisotopic (exact) mass is 1200 g/mol. The third-order valence-electron chi connectivity index (χ3n) is 16.5. The summed E-state index contributed by atoms with van der Waals surface area (Å²) in [5, 5.41) is 23.1. The number of hydrogen-bond donors (Lipinski definition) is 5. The van der Waals surface area contributed by atoms with E-state index in [2.05, 4.69) is 21.3 Å². The van der Waals surface area contributed by atoms with Crippen LogP contribution in [-0.2, 0) is 52.7 Å². The molecule has 23 nitrogen and oxygen atoms in total. The number of allylic oxidation sites excluding steroid dienone is 2. The number of aliphatic hydroxyl groups is 1. The Labute approximate surface area is 508 Å². The summed E-state index contributed by atoms with van der Waals surface area (Å²) in [7, 11) is 9.92. The molecule has 1 fully saturated rings. The van der Waals surface area contributed by atoms with E-state index in [-0.39, 0.29) is 43.4 Å². The van der Waals surface area contributed by atoms with Gasteiger partial charge >= 0.3 is 0 Å². The molecule has 0 aromatic rings. The summed E-state index contributed by atoms with van der Waals surface area (Å²) >= 11 is 0. The summed E-state index contributed by atoms with van der Waals surface area (Å²) in [6, 6.07) is -12.3. The molecule has 0 radical (unpaired) electrons. The van der Waals surface area contributed by atoms with Crippen LogP contribution >= 0.6 is 0 Å². The third-order valence-corrected chi connectivity index (χ3v) is 16.5. The molecule has 0 aliphatic carbocycles. The van der Waals surface area contributed by atoms with Crippen molar-refractivity contribution < 1.29 is 57.8 Å². The maximum absolute atomic E-state index is 15.1. The standard InChI is InChI=1S/C62H111N11O12/c1-25-28-29-40(15)52(75)51-56(79)65-43(27-3)58(81)67(18)33-47(74)71(22)50(39(14)26-2)55(78)66-48(37(10)11)61(84)68(19)44(30-34(4)5)54(77)63-41(16)53(76)64-42(17)57(80)69(20)45(31-35(6)7)59(82)70(21)46(32-36(8)9)60(83)72(23)49(38(12)13)62(85)73(51)24/h25,28,34-46,48-52,75H,26-27,29-33H2,1-24H3,(H,63,77)(H,64,76)(H,65,79)(H,66,78)/t39-,40+,41-,42+,43-,44-,45-,46-,48-,49-,50-,51-,52+/m0/s1. The fourth-order valence-electron chi connectivity index (χ4n) is 10.8. The van der Waals surface area contributed by atoms with E-state index in [0.717, 1.165) is 9.80 Å². The first-order valence-electron chi connectivity index (χ1n) is 30.6. The van der Waals surface area contributed by atoms with E-state index >= 15 is 9.59 Å². The van der Waals surface area contributed by atoms with Gasteiger partial charge in [0.15, 0.2) is 0 Å². The lowest BCUT2D eigenvalue weighted by Gasteiger charge is -2.41. The molecule has 1 heterocycles. The Hall–Kier alpha value is -6.13. The minimum absolute atomic E-state index is 0.0224. The lowest BCUT2D eigenvalue weighted by molar-refractivity contribution is -0.157. The minimum Gasteiger partial charge on any atom is -0.390 e. The molecule has 1 rings (SSSR count). The molecular formula is C62H111N11O12. The average Bonchev–Trinajstić information content (AvgIpc) is 3.49. The summed E-state index contributed by atoms with van der Waals surface area (Å²) in [6.07, 6.45) is 3.31. The molecule has 23 heteroatoms. The Kier molecular flexibility index (Phi) is 31.5. The zero-order chi connectivity index (χ0) is 66.0. The van der Waals surface area contributed by atoms with Gasteiger partial charge in [0.1, 0.15) is 60.4 Å². The first-order chi connectivity index (χ1) is 39.3. The maximum atomic E-state index is 15.1. The van der Waals surface area contributed by atoms with E-state index in [1.54, 1.807) is 61.5 Å². The number of carbonyl (C=O) groups excluding carboxylic acids is 11. The van der Waals surface area contributed by atoms with Gasteiger partial charge in [-0.2, -0.15) is 0 Å². The molecular weight excluding hydrogens is 1090 g/mol. The number of aliphatic hydroxyl groups excluding tert-OH is 1. The van der Waals surface area contributed by atoms with E-state index in [0.29, 0.717) is 12.8 Å². The maximum Gasteiger partial charge on any atom is 0.246 e. The minimum atomic E-state index is -1.61. The highest BCUT2D eigenvalue weighted by molar-refractivity contribution is 5.99. The first-order valence-corrected chi connectivity index (χ1v) is 30.6. The Morgan fingerprint density at radius 1 is 0.482 bits per heavy atom. The van der Waals surface area contributed by atoms with Crippen LogP contribution in [0.15, 0.2) is 12.2 Å². The van der Waals surface area contributed by atoms with Gasteiger partial charge in [0, 0.05) is 49.3 Å². The number of carbonyl (C=O) groups is 11. The normalized spacial score (nSPS) is 27.2. The largest absolute Gasteiger partial charge is 0.390 e. The molecule has 0 saturated carbocycles. The molecule has 0 spiro atoms. The van der Waals surface area contributed by atoms with Crippen molar-refractivity contribution in [1.29, 1.82) is 0 Å². The van der Waals surface area contributed by atoms with Crippen molar-refractivity contribution in [3.8, 4) is 0 Å². The Balaban J connectivity index is 4.33. The highest BCUT2D eigenvalue weighted by Gasteiger charge is 2.46. The van der Waals surface area contributed by atoms with Crippen molar-refractivity contribution in [1.82, 2.24) is 55.6 Å². The van der Waals surface area contributed by atoms with Gasteiger partial charge < -0.3 is 60.7 Å². The second kappa shape index (κ2) is 34.9. The topological polar surface area (TPSA) is 279 Å². The number of nitrogens with one attached hydrogen (secondary N) is 4. The smallest absolute Gasteiger partial charge is 0.246 e. The van der Waals surface area contributed by atoms with E-state index in [4.69, 9.17) is 0 Å². The molecule has 0 bridgehead atoms. The molecule has 11 amide bonds. The van der Waals surface area contributed by atoms with Crippen LogP contribution in [0.5, 0.6) is 0 Å². The van der Waals surface area contributed by atoms with Crippen LogP contribution in [0.1, 0.15) is 156 Å². The van der Waals surface area contributed by atoms with Crippen LogP contribution in [0.3, 0.4) is 0 Å². The Morgan fingerprint density at radius 2 is 0.929 bits per heavy atom. The van der Waals surface area contributed by atoms with Gasteiger partial charge in [-0.3, -0.25) is 52.7 Å². The molecule has 1 aliphatic heterocycles. The summed E-state index contributed by atoms with van der Waals surface area (Å²) < 4.78 is 0. The van der Waals surface area contributed by atoms with Crippen molar-refractivity contribution in [2.45, 2.75) is 223 Å². The van der Waals surface area contributed by atoms with E-state index in [1.807, 2.05) is 54.5 Å². The zero-order valence-electron chi connectivity index (χ0n) is 56.1. The summed E-state index contributed by atoms with van der Waals surface area (Å²) in [5.74, 6) is -10.0. The van der Waals surface area contributed by atoms with Crippen LogP contribution in [0.2, 0.25) is 0 Å². The van der Waals surface area contributed by atoms with Crippen LogP contribution in [-0.4, -0.2) is 227 Å². The molecule has 85 heavy (non-hydrogen) atoms. The number of nitrogens with zero attached hydrogens (tertiary/aromatic N) is 7. The van der Waals surface area contributed by atoms with Crippen molar-refractivity contribution in [3.63, 3.8) is 0 Å². The Bertz CT molecular complexity index is 2330. The van der Waals surface area contributed by atoms with Gasteiger partial charge in [-0.1, -0.05) is 116 Å². The molecule has 1 saturated heterocycles. The van der Waals surface area contributed by atoms with E-state index < -0.39 is 162 Å². The molecule has 0 aromatic heterocycles. The number of amides is 11. The van der Waals surface area contributed by atoms with Gasteiger partial charge in [0.2, 0.25) is 65.0 Å². The lowest BCUT2D eigenvalue weighted by Crippen LogP contribution is -2.63. The van der Waals surface area contributed by atoms with Gasteiger partial charge in [-0.25, -0.2) is 0 Å². The average molecular weight is 1200 g/mol. The predicted molar refractivity (Wildman–Crippen MR) is 328 cm³/mol. The van der Waals surface area contributed by atoms with Crippen molar-refractivity contribution in [2.24, 2.45) is 41.4 Å². The fourth-order valence-corrected chi connectivity index (χ4v) is 10.8. The van der Waals surface area contributed by atoms with Crippen LogP contribution in [0.25, 0.3) is 0 Å². The van der Waals surface area contributed by atoms with Crippen molar-refractivity contribution in [3.05, 3.63) is 12.2 Å². The summed E-state index contributed by atoms with van der Waals surface area (Å²) in [5.41, 5.74) is 0.